The van der Waals surface area contributed by atoms with Gasteiger partial charge in [-0.05, 0) is 12.8 Å². The molecule has 0 aliphatic carbocycles. The zero-order valence-corrected chi connectivity index (χ0v) is 15.0. The summed E-state index contributed by atoms with van der Waals surface area (Å²) in [5.41, 5.74) is 0. The maximum absolute atomic E-state index is 12.3. The highest BCUT2D eigenvalue weighted by Crippen LogP contribution is 2.27. The molecule has 23 heavy (non-hydrogen) atoms. The van der Waals surface area contributed by atoms with E-state index in [4.69, 9.17) is 0 Å². The molecule has 0 spiro atoms. The minimum Gasteiger partial charge on any atom is -0.342 e. The zero-order chi connectivity index (χ0) is 16.8. The Morgan fingerprint density at radius 2 is 2.17 bits per heavy atom. The number of nitrogens with one attached hydrogen (secondary N) is 1. The Balaban J connectivity index is 1.89. The molecule has 1 aliphatic rings. The van der Waals surface area contributed by atoms with E-state index in [1.54, 1.807) is 4.90 Å². The summed E-state index contributed by atoms with van der Waals surface area (Å²) < 4.78 is 0. The van der Waals surface area contributed by atoms with Crippen LogP contribution in [-0.4, -0.2) is 40.0 Å². The number of unbranched alkanes of at least 4 members (excludes halogenated alkanes) is 1. The van der Waals surface area contributed by atoms with Gasteiger partial charge in [-0.25, -0.2) is 0 Å². The molecular weight excluding hydrogens is 312 g/mol. The monoisotopic (exact) mass is 338 g/mol. The molecule has 1 aromatic heterocycles. The second kappa shape index (κ2) is 8.38. The van der Waals surface area contributed by atoms with E-state index in [0.717, 1.165) is 37.2 Å². The number of hydrogen-bond acceptors (Lipinski definition) is 5. The van der Waals surface area contributed by atoms with Gasteiger partial charge in [-0.15, -0.1) is 10.2 Å². The van der Waals surface area contributed by atoms with Gasteiger partial charge in [0.2, 0.25) is 16.9 Å². The summed E-state index contributed by atoms with van der Waals surface area (Å²) in [7, 11) is 0. The number of anilines is 1. The number of amides is 2. The van der Waals surface area contributed by atoms with Crippen molar-refractivity contribution in [2.75, 3.05) is 18.4 Å². The summed E-state index contributed by atoms with van der Waals surface area (Å²) in [6, 6.07) is 0. The quantitative estimate of drug-likeness (QED) is 0.790. The van der Waals surface area contributed by atoms with E-state index in [-0.39, 0.29) is 17.7 Å². The van der Waals surface area contributed by atoms with Crippen LogP contribution in [0.15, 0.2) is 0 Å². The van der Waals surface area contributed by atoms with Gasteiger partial charge in [0.05, 0.1) is 5.92 Å². The smallest absolute Gasteiger partial charge is 0.231 e. The molecule has 0 aromatic carbocycles. The van der Waals surface area contributed by atoms with Crippen LogP contribution in [0.3, 0.4) is 0 Å². The molecular formula is C16H26N4O2S. The van der Waals surface area contributed by atoms with Gasteiger partial charge in [0.1, 0.15) is 5.01 Å². The van der Waals surface area contributed by atoms with Crippen molar-refractivity contribution in [1.29, 1.82) is 0 Å². The van der Waals surface area contributed by atoms with Gasteiger partial charge < -0.3 is 10.2 Å². The number of carbonyl (C=O) groups is 2. The van der Waals surface area contributed by atoms with Gasteiger partial charge >= 0.3 is 0 Å². The summed E-state index contributed by atoms with van der Waals surface area (Å²) in [5, 5.41) is 12.5. The second-order valence-corrected chi connectivity index (χ2v) is 7.23. The van der Waals surface area contributed by atoms with E-state index in [0.29, 0.717) is 24.0 Å². The highest BCUT2D eigenvalue weighted by Gasteiger charge is 2.34. The van der Waals surface area contributed by atoms with E-state index in [2.05, 4.69) is 36.3 Å². The molecule has 2 atom stereocenters. The Morgan fingerprint density at radius 3 is 2.87 bits per heavy atom. The van der Waals surface area contributed by atoms with Gasteiger partial charge in [-0.3, -0.25) is 9.59 Å². The van der Waals surface area contributed by atoms with Crippen LogP contribution in [0, 0.1) is 5.92 Å². The molecule has 128 valence electrons. The fourth-order valence-corrected chi connectivity index (χ4v) is 3.59. The minimum atomic E-state index is -0.278. The number of likely N-dealkylation sites (tertiary alicyclic amines) is 1. The molecule has 2 heterocycles. The molecule has 0 radical (unpaired) electrons. The molecule has 1 aromatic rings. The van der Waals surface area contributed by atoms with Crippen molar-refractivity contribution < 1.29 is 9.59 Å². The van der Waals surface area contributed by atoms with Crippen LogP contribution in [0.5, 0.6) is 0 Å². The third-order valence-electron chi connectivity index (χ3n) is 4.18. The lowest BCUT2D eigenvalue weighted by molar-refractivity contribution is -0.128. The van der Waals surface area contributed by atoms with Crippen LogP contribution in [0.1, 0.15) is 63.8 Å². The number of hydrogen-bond donors (Lipinski definition) is 1. The Hall–Kier alpha value is -1.50. The van der Waals surface area contributed by atoms with Crippen molar-refractivity contribution in [2.24, 2.45) is 5.92 Å². The van der Waals surface area contributed by atoms with Crippen molar-refractivity contribution >= 4 is 28.3 Å². The third kappa shape index (κ3) is 4.73. The highest BCUT2D eigenvalue weighted by molar-refractivity contribution is 7.15. The summed E-state index contributed by atoms with van der Waals surface area (Å²) in [5.74, 6) is 0.0387. The molecule has 1 fully saturated rings. The lowest BCUT2D eigenvalue weighted by Crippen LogP contribution is -2.29. The summed E-state index contributed by atoms with van der Waals surface area (Å²) in [6.45, 7) is 7.62. The standard InChI is InChI=1S/C16H26N4O2S/c1-4-6-8-20-10-12(9-13(20)21)14(22)17-16-19-18-15(23-16)11(3)7-5-2/h11-12H,4-10H2,1-3H3,(H,17,19,22)/t11-,12+/m0/s1. The average Bonchev–Trinajstić information content (AvgIpc) is 3.12. The highest BCUT2D eigenvalue weighted by atomic mass is 32.1. The Morgan fingerprint density at radius 1 is 1.39 bits per heavy atom. The maximum atomic E-state index is 12.3. The van der Waals surface area contributed by atoms with Crippen LogP contribution in [0.4, 0.5) is 5.13 Å². The lowest BCUT2D eigenvalue weighted by Gasteiger charge is -2.15. The third-order valence-corrected chi connectivity index (χ3v) is 5.25. The molecule has 0 bridgehead atoms. The Bertz CT molecular complexity index is 546. The Kier molecular flexibility index (Phi) is 6.50. The first kappa shape index (κ1) is 17.8. The number of rotatable bonds is 8. The Labute approximate surface area is 141 Å². The van der Waals surface area contributed by atoms with Crippen molar-refractivity contribution in [1.82, 2.24) is 15.1 Å². The van der Waals surface area contributed by atoms with Crippen LogP contribution in [0.2, 0.25) is 0 Å². The molecule has 0 unspecified atom stereocenters. The van der Waals surface area contributed by atoms with E-state index < -0.39 is 0 Å². The van der Waals surface area contributed by atoms with Crippen LogP contribution in [-0.2, 0) is 9.59 Å². The molecule has 7 heteroatoms. The first-order valence-corrected chi connectivity index (χ1v) is 9.28. The van der Waals surface area contributed by atoms with E-state index in [9.17, 15) is 9.59 Å². The van der Waals surface area contributed by atoms with Crippen LogP contribution in [0.25, 0.3) is 0 Å². The lowest BCUT2D eigenvalue weighted by atomic mass is 10.1. The number of carbonyl (C=O) groups excluding carboxylic acids is 2. The molecule has 1 aliphatic heterocycles. The number of nitrogens with zero attached hydrogens (tertiary/aromatic N) is 3. The van der Waals surface area contributed by atoms with Crippen LogP contribution < -0.4 is 5.32 Å². The van der Waals surface area contributed by atoms with Crippen molar-refractivity contribution in [3.05, 3.63) is 5.01 Å². The molecule has 6 nitrogen and oxygen atoms in total. The van der Waals surface area contributed by atoms with Gasteiger partial charge in [0.25, 0.3) is 0 Å². The average molecular weight is 338 g/mol. The van der Waals surface area contributed by atoms with E-state index in [1.165, 1.54) is 11.3 Å². The molecule has 1 saturated heterocycles. The van der Waals surface area contributed by atoms with Gasteiger partial charge in [0, 0.05) is 25.4 Å². The number of aromatic nitrogens is 2. The summed E-state index contributed by atoms with van der Waals surface area (Å²) in [4.78, 5) is 26.1. The second-order valence-electron chi connectivity index (χ2n) is 6.22. The molecule has 0 saturated carbocycles. The van der Waals surface area contributed by atoms with Crippen molar-refractivity contribution in [3.8, 4) is 0 Å². The zero-order valence-electron chi connectivity index (χ0n) is 14.2. The summed E-state index contributed by atoms with van der Waals surface area (Å²) in [6.07, 6.45) is 4.49. The molecule has 2 amide bonds. The topological polar surface area (TPSA) is 75.2 Å². The van der Waals surface area contributed by atoms with Crippen LogP contribution >= 0.6 is 11.3 Å². The fourth-order valence-electron chi connectivity index (χ4n) is 2.76. The van der Waals surface area contributed by atoms with Gasteiger partial charge in [-0.1, -0.05) is 44.9 Å². The first-order chi connectivity index (χ1) is 11.0. The van der Waals surface area contributed by atoms with Gasteiger partial charge in [-0.2, -0.15) is 0 Å². The van der Waals surface area contributed by atoms with E-state index >= 15 is 0 Å². The van der Waals surface area contributed by atoms with Gasteiger partial charge in [0.15, 0.2) is 0 Å². The predicted octanol–water partition coefficient (Wildman–Crippen LogP) is 3.03. The molecule has 2 rings (SSSR count). The first-order valence-electron chi connectivity index (χ1n) is 8.47. The minimum absolute atomic E-state index is 0.0770. The molecule has 1 N–H and O–H groups in total. The van der Waals surface area contributed by atoms with E-state index in [1.807, 2.05) is 0 Å². The largest absolute Gasteiger partial charge is 0.342 e. The normalized spacial score (nSPS) is 19.2. The fraction of sp³-hybridized carbons (Fsp3) is 0.750. The summed E-state index contributed by atoms with van der Waals surface area (Å²) >= 11 is 1.43. The van der Waals surface area contributed by atoms with Crippen molar-refractivity contribution in [2.45, 2.75) is 58.8 Å². The maximum Gasteiger partial charge on any atom is 0.231 e. The predicted molar refractivity (Wildman–Crippen MR) is 91.5 cm³/mol. The SMILES string of the molecule is CCCCN1C[C@H](C(=O)Nc2nnc([C@@H](C)CCC)s2)CC1=O. The van der Waals surface area contributed by atoms with Crippen molar-refractivity contribution in [3.63, 3.8) is 0 Å².